The predicted molar refractivity (Wildman–Crippen MR) is 101 cm³/mol. The van der Waals surface area contributed by atoms with E-state index in [4.69, 9.17) is 4.74 Å². The summed E-state index contributed by atoms with van der Waals surface area (Å²) < 4.78 is 7.54. The second-order valence-corrected chi connectivity index (χ2v) is 7.01. The monoisotopic (exact) mass is 363 g/mol. The number of aromatic nitrogens is 2. The van der Waals surface area contributed by atoms with Crippen molar-refractivity contribution in [2.45, 2.75) is 32.4 Å². The van der Waals surface area contributed by atoms with E-state index in [1.165, 1.54) is 0 Å². The minimum absolute atomic E-state index is 0.285. The first-order valence-corrected chi connectivity index (χ1v) is 8.99. The highest BCUT2D eigenvalue weighted by molar-refractivity contribution is 5.97. The van der Waals surface area contributed by atoms with Crippen LogP contribution in [-0.2, 0) is 22.5 Å². The van der Waals surface area contributed by atoms with Crippen molar-refractivity contribution in [3.8, 4) is 0 Å². The number of ether oxygens (including phenoxy) is 1. The van der Waals surface area contributed by atoms with Crippen molar-refractivity contribution in [1.29, 1.82) is 0 Å². The molecular weight excluding hydrogens is 342 g/mol. The van der Waals surface area contributed by atoms with Crippen molar-refractivity contribution in [3.63, 3.8) is 0 Å². The van der Waals surface area contributed by atoms with Crippen molar-refractivity contribution in [1.82, 2.24) is 14.9 Å². The van der Waals surface area contributed by atoms with Crippen molar-refractivity contribution in [2.24, 2.45) is 0 Å². The molecule has 4 rings (SSSR count). The topological polar surface area (TPSA) is 73.2 Å². The molecule has 3 aromatic rings. The van der Waals surface area contributed by atoms with Crippen molar-refractivity contribution in [3.05, 3.63) is 65.5 Å². The lowest BCUT2D eigenvalue weighted by Gasteiger charge is -2.33. The molecule has 0 bridgehead atoms. The summed E-state index contributed by atoms with van der Waals surface area (Å²) in [6.07, 6.45) is 0.369. The average Bonchev–Trinajstić information content (AvgIpc) is 2.97. The van der Waals surface area contributed by atoms with Crippen molar-refractivity contribution >= 4 is 22.9 Å². The third-order valence-corrected chi connectivity index (χ3v) is 5.03. The van der Waals surface area contributed by atoms with Crippen LogP contribution in [0.15, 0.2) is 48.5 Å². The average molecular weight is 363 g/mol. The second-order valence-electron chi connectivity index (χ2n) is 7.01. The van der Waals surface area contributed by atoms with Crippen LogP contribution in [0, 0.1) is 6.92 Å². The van der Waals surface area contributed by atoms with Gasteiger partial charge in [0.2, 0.25) is 0 Å². The molecule has 138 valence electrons. The largest absolute Gasteiger partial charge is 0.445 e. The summed E-state index contributed by atoms with van der Waals surface area (Å²) in [5.74, 6) is 0.160. The molecule has 0 spiro atoms. The van der Waals surface area contributed by atoms with Crippen LogP contribution in [0.5, 0.6) is 0 Å². The zero-order chi connectivity index (χ0) is 19.0. The number of hydrogen-bond donors (Lipinski definition) is 1. The molecule has 1 unspecified atom stereocenters. The smallest absolute Gasteiger partial charge is 0.339 e. The van der Waals surface area contributed by atoms with Crippen LogP contribution >= 0.6 is 0 Å². The number of nitrogens with one attached hydrogen (secondary N) is 1. The fourth-order valence-electron chi connectivity index (χ4n) is 3.61. The summed E-state index contributed by atoms with van der Waals surface area (Å²) in [5, 5.41) is 2.91. The minimum Gasteiger partial charge on any atom is -0.445 e. The Morgan fingerprint density at radius 3 is 2.81 bits per heavy atom. The number of aryl methyl sites for hydroxylation is 1. The Kier molecular flexibility index (Phi) is 4.18. The Labute approximate surface area is 157 Å². The highest BCUT2D eigenvalue weighted by Crippen LogP contribution is 2.28. The summed E-state index contributed by atoms with van der Waals surface area (Å²) in [6.45, 7) is 4.63. The Balaban J connectivity index is 1.45. The van der Waals surface area contributed by atoms with Crippen LogP contribution in [0.4, 0.5) is 0 Å². The Morgan fingerprint density at radius 2 is 1.96 bits per heavy atom. The molecule has 0 saturated carbocycles. The minimum atomic E-state index is -1.20. The number of amides is 1. The van der Waals surface area contributed by atoms with E-state index in [9.17, 15) is 9.59 Å². The van der Waals surface area contributed by atoms with Gasteiger partial charge in [-0.05, 0) is 37.6 Å². The van der Waals surface area contributed by atoms with E-state index in [-0.39, 0.29) is 5.91 Å². The van der Waals surface area contributed by atoms with Gasteiger partial charge in [-0.15, -0.1) is 0 Å². The third kappa shape index (κ3) is 3.07. The summed E-state index contributed by atoms with van der Waals surface area (Å²) in [4.78, 5) is 29.5. The lowest BCUT2D eigenvalue weighted by atomic mass is 9.89. The first kappa shape index (κ1) is 17.3. The molecule has 0 radical (unpaired) electrons. The SMILES string of the molecule is Cc1nc2ccccc2n1CCNC(=O)C1(C)Cc2ccccc2C(=O)O1. The van der Waals surface area contributed by atoms with E-state index in [0.717, 1.165) is 22.4 Å². The van der Waals surface area contributed by atoms with E-state index in [0.29, 0.717) is 25.1 Å². The maximum Gasteiger partial charge on any atom is 0.339 e. The van der Waals surface area contributed by atoms with Crippen LogP contribution in [0.3, 0.4) is 0 Å². The van der Waals surface area contributed by atoms with Gasteiger partial charge in [0, 0.05) is 19.5 Å². The maximum atomic E-state index is 12.7. The first-order chi connectivity index (χ1) is 13.0. The van der Waals surface area contributed by atoms with E-state index < -0.39 is 11.6 Å². The van der Waals surface area contributed by atoms with E-state index in [1.54, 1.807) is 19.1 Å². The van der Waals surface area contributed by atoms with Gasteiger partial charge < -0.3 is 14.6 Å². The van der Waals surface area contributed by atoms with Crippen molar-refractivity contribution in [2.75, 3.05) is 6.54 Å². The molecule has 1 aliphatic rings. The number of carbonyl (C=O) groups is 2. The molecule has 0 saturated heterocycles. The maximum absolute atomic E-state index is 12.7. The van der Waals surface area contributed by atoms with Crippen molar-refractivity contribution < 1.29 is 14.3 Å². The number of cyclic esters (lactones) is 1. The highest BCUT2D eigenvalue weighted by atomic mass is 16.6. The van der Waals surface area contributed by atoms with Gasteiger partial charge in [0.05, 0.1) is 16.6 Å². The lowest BCUT2D eigenvalue weighted by Crippen LogP contribution is -2.52. The van der Waals surface area contributed by atoms with E-state index in [1.807, 2.05) is 43.3 Å². The van der Waals surface area contributed by atoms with Gasteiger partial charge in [0.15, 0.2) is 5.60 Å². The molecule has 1 aromatic heterocycles. The molecule has 6 heteroatoms. The molecule has 1 amide bonds. The zero-order valence-electron chi connectivity index (χ0n) is 15.4. The summed E-state index contributed by atoms with van der Waals surface area (Å²) in [5.41, 5.74) is 2.14. The number of nitrogens with zero attached hydrogens (tertiary/aromatic N) is 2. The number of carbonyl (C=O) groups excluding carboxylic acids is 2. The van der Waals surface area contributed by atoms with Crippen LogP contribution in [0.25, 0.3) is 11.0 Å². The summed E-state index contributed by atoms with van der Waals surface area (Å²) in [6, 6.07) is 15.2. The lowest BCUT2D eigenvalue weighted by molar-refractivity contribution is -0.139. The Morgan fingerprint density at radius 1 is 1.22 bits per heavy atom. The molecule has 1 N–H and O–H groups in total. The number of para-hydroxylation sites is 2. The molecule has 1 aliphatic heterocycles. The standard InChI is InChI=1S/C21H21N3O3/c1-14-23-17-9-5-6-10-18(17)24(14)12-11-22-20(26)21(2)13-15-7-3-4-8-16(15)19(25)27-21/h3-10H,11-13H2,1-2H3,(H,22,26). The highest BCUT2D eigenvalue weighted by Gasteiger charge is 2.42. The third-order valence-electron chi connectivity index (χ3n) is 5.03. The molecule has 1 atom stereocenters. The fourth-order valence-corrected chi connectivity index (χ4v) is 3.61. The van der Waals surface area contributed by atoms with Gasteiger partial charge in [-0.2, -0.15) is 0 Å². The van der Waals surface area contributed by atoms with Crippen LogP contribution in [0.1, 0.15) is 28.7 Å². The van der Waals surface area contributed by atoms with Crippen LogP contribution < -0.4 is 5.32 Å². The van der Waals surface area contributed by atoms with Gasteiger partial charge >= 0.3 is 5.97 Å². The van der Waals surface area contributed by atoms with Gasteiger partial charge in [0.25, 0.3) is 5.91 Å². The van der Waals surface area contributed by atoms with Crippen LogP contribution in [0.2, 0.25) is 0 Å². The predicted octanol–water partition coefficient (Wildman–Crippen LogP) is 2.63. The second kappa shape index (κ2) is 6.54. The fraction of sp³-hybridized carbons (Fsp3) is 0.286. The molecular formula is C21H21N3O3. The van der Waals surface area contributed by atoms with E-state index in [2.05, 4.69) is 14.9 Å². The Hall–Kier alpha value is -3.15. The first-order valence-electron chi connectivity index (χ1n) is 8.99. The number of imidazole rings is 1. The van der Waals surface area contributed by atoms with Gasteiger partial charge in [-0.1, -0.05) is 30.3 Å². The van der Waals surface area contributed by atoms with Gasteiger partial charge in [-0.25, -0.2) is 9.78 Å². The zero-order valence-corrected chi connectivity index (χ0v) is 15.4. The molecule has 0 fully saturated rings. The Bertz CT molecular complexity index is 1040. The van der Waals surface area contributed by atoms with E-state index >= 15 is 0 Å². The summed E-state index contributed by atoms with van der Waals surface area (Å²) in [7, 11) is 0. The number of hydrogen-bond acceptors (Lipinski definition) is 4. The van der Waals surface area contributed by atoms with Crippen LogP contribution in [-0.4, -0.2) is 33.6 Å². The van der Waals surface area contributed by atoms with Gasteiger partial charge in [-0.3, -0.25) is 4.79 Å². The molecule has 2 heterocycles. The molecule has 0 aliphatic carbocycles. The molecule has 2 aromatic carbocycles. The number of rotatable bonds is 4. The molecule has 27 heavy (non-hydrogen) atoms. The molecule has 6 nitrogen and oxygen atoms in total. The number of benzene rings is 2. The van der Waals surface area contributed by atoms with Gasteiger partial charge in [0.1, 0.15) is 5.82 Å². The number of fused-ring (bicyclic) bond motifs is 2. The summed E-state index contributed by atoms with van der Waals surface area (Å²) >= 11 is 0. The normalized spacial score (nSPS) is 18.8. The number of esters is 1. The quantitative estimate of drug-likeness (QED) is 0.723.